The molecule has 1 N–H and O–H groups in total. The van der Waals surface area contributed by atoms with Gasteiger partial charge in [-0.25, -0.2) is 9.78 Å². The molecule has 1 amide bonds. The second-order valence-electron chi connectivity index (χ2n) is 7.71. The van der Waals surface area contributed by atoms with Crippen LogP contribution in [0.5, 0.6) is 0 Å². The summed E-state index contributed by atoms with van der Waals surface area (Å²) < 4.78 is 12.2. The first-order chi connectivity index (χ1) is 16.5. The van der Waals surface area contributed by atoms with Crippen LogP contribution in [0.15, 0.2) is 93.8 Å². The molecule has 7 heteroatoms. The molecular formula is C27H19BrN2O4. The summed E-state index contributed by atoms with van der Waals surface area (Å²) in [5.74, 6) is -0.629. The fourth-order valence-corrected chi connectivity index (χ4v) is 4.14. The van der Waals surface area contributed by atoms with Crippen LogP contribution in [-0.2, 0) is 9.53 Å². The van der Waals surface area contributed by atoms with Crippen molar-refractivity contribution in [3.05, 3.63) is 95.0 Å². The van der Waals surface area contributed by atoms with E-state index in [0.717, 1.165) is 15.4 Å². The Hall–Kier alpha value is -3.97. The quantitative estimate of drug-likeness (QED) is 0.267. The highest BCUT2D eigenvalue weighted by Crippen LogP contribution is 2.33. The van der Waals surface area contributed by atoms with Gasteiger partial charge in [-0.3, -0.25) is 4.79 Å². The maximum absolute atomic E-state index is 13.2. The number of para-hydroxylation sites is 3. The number of carbonyl (C=O) groups is 2. The molecule has 1 aromatic heterocycles. The zero-order chi connectivity index (χ0) is 23.7. The number of hydrogen-bond donors (Lipinski definition) is 1. The minimum atomic E-state index is -1.01. The monoisotopic (exact) mass is 514 g/mol. The molecule has 0 aliphatic heterocycles. The molecule has 0 fully saturated rings. The summed E-state index contributed by atoms with van der Waals surface area (Å²) in [6, 6.07) is 25.7. The standard InChI is InChI=1S/C27H19BrN2O4/c1-16(25(31)29-21-13-3-2-12-20(21)28)33-27(32)19-11-7-9-17-8-6-10-18(24(17)19)26-30-22-14-4-5-15-23(22)34-26/h2-16H,1H3,(H,29,31). The number of aromatic nitrogens is 1. The van der Waals surface area contributed by atoms with E-state index in [-0.39, 0.29) is 0 Å². The molecule has 168 valence electrons. The zero-order valence-electron chi connectivity index (χ0n) is 18.1. The lowest BCUT2D eigenvalue weighted by atomic mass is 9.99. The number of esters is 1. The van der Waals surface area contributed by atoms with Gasteiger partial charge in [-0.1, -0.05) is 48.5 Å². The maximum Gasteiger partial charge on any atom is 0.339 e. The summed E-state index contributed by atoms with van der Waals surface area (Å²) in [6.45, 7) is 1.54. The number of nitrogens with zero attached hydrogens (tertiary/aromatic N) is 1. The lowest BCUT2D eigenvalue weighted by molar-refractivity contribution is -0.123. The van der Waals surface area contributed by atoms with Crippen molar-refractivity contribution < 1.29 is 18.7 Å². The summed E-state index contributed by atoms with van der Waals surface area (Å²) in [4.78, 5) is 30.4. The average Bonchev–Trinajstić information content (AvgIpc) is 3.28. The Labute approximate surface area is 203 Å². The zero-order valence-corrected chi connectivity index (χ0v) is 19.7. The molecule has 0 radical (unpaired) electrons. The van der Waals surface area contributed by atoms with E-state index in [1.807, 2.05) is 60.7 Å². The number of nitrogens with one attached hydrogen (secondary N) is 1. The summed E-state index contributed by atoms with van der Waals surface area (Å²) in [6.07, 6.45) is -1.01. The highest BCUT2D eigenvalue weighted by molar-refractivity contribution is 9.10. The molecule has 1 atom stereocenters. The van der Waals surface area contributed by atoms with Crippen molar-refractivity contribution in [2.75, 3.05) is 5.32 Å². The number of carbonyl (C=O) groups excluding carboxylic acids is 2. The summed E-state index contributed by atoms with van der Waals surface area (Å²) >= 11 is 3.39. The molecule has 0 saturated carbocycles. The van der Waals surface area contributed by atoms with Crippen molar-refractivity contribution >= 4 is 55.4 Å². The Balaban J connectivity index is 1.47. The first-order valence-corrected chi connectivity index (χ1v) is 11.4. The van der Waals surface area contributed by atoms with Crippen LogP contribution < -0.4 is 5.32 Å². The van der Waals surface area contributed by atoms with Crippen molar-refractivity contribution in [3.63, 3.8) is 0 Å². The first-order valence-electron chi connectivity index (χ1n) is 10.7. The molecule has 0 aliphatic rings. The van der Waals surface area contributed by atoms with Crippen molar-refractivity contribution in [2.24, 2.45) is 0 Å². The van der Waals surface area contributed by atoms with Crippen LogP contribution in [0.2, 0.25) is 0 Å². The van der Waals surface area contributed by atoms with Gasteiger partial charge in [-0.05, 0) is 64.6 Å². The fraction of sp³-hybridized carbons (Fsp3) is 0.0741. The van der Waals surface area contributed by atoms with Crippen LogP contribution in [0.4, 0.5) is 5.69 Å². The molecule has 6 nitrogen and oxygen atoms in total. The van der Waals surface area contributed by atoms with Crippen LogP contribution in [0.3, 0.4) is 0 Å². The van der Waals surface area contributed by atoms with Crippen molar-refractivity contribution in [1.29, 1.82) is 0 Å². The smallest absolute Gasteiger partial charge is 0.339 e. The van der Waals surface area contributed by atoms with Crippen molar-refractivity contribution in [3.8, 4) is 11.5 Å². The van der Waals surface area contributed by atoms with Gasteiger partial charge in [-0.15, -0.1) is 0 Å². The van der Waals surface area contributed by atoms with Gasteiger partial charge < -0.3 is 14.5 Å². The molecule has 4 aromatic carbocycles. The molecular weight excluding hydrogens is 496 g/mol. The number of amides is 1. The molecule has 0 aliphatic carbocycles. The van der Waals surface area contributed by atoms with Gasteiger partial charge >= 0.3 is 5.97 Å². The Kier molecular flexibility index (Phi) is 5.86. The summed E-state index contributed by atoms with van der Waals surface area (Å²) in [5, 5.41) is 4.25. The van der Waals surface area contributed by atoms with E-state index in [1.165, 1.54) is 6.92 Å². The van der Waals surface area contributed by atoms with E-state index >= 15 is 0 Å². The molecule has 0 saturated heterocycles. The summed E-state index contributed by atoms with van der Waals surface area (Å²) in [5.41, 5.74) is 2.99. The number of benzene rings is 4. The molecule has 5 rings (SSSR count). The van der Waals surface area contributed by atoms with Gasteiger partial charge in [-0.2, -0.15) is 0 Å². The van der Waals surface area contributed by atoms with Crippen LogP contribution in [0, 0.1) is 0 Å². The van der Waals surface area contributed by atoms with E-state index in [2.05, 4.69) is 26.2 Å². The lowest BCUT2D eigenvalue weighted by Crippen LogP contribution is -2.30. The SMILES string of the molecule is CC(OC(=O)c1cccc2cccc(-c3nc4ccccc4o3)c12)C(=O)Nc1ccccc1Br. The average molecular weight is 515 g/mol. The number of anilines is 1. The van der Waals surface area contributed by atoms with E-state index < -0.39 is 18.0 Å². The van der Waals surface area contributed by atoms with Gasteiger partial charge in [0.05, 0.1) is 11.3 Å². The number of ether oxygens (including phenoxy) is 1. The third-order valence-electron chi connectivity index (χ3n) is 5.43. The topological polar surface area (TPSA) is 81.4 Å². The van der Waals surface area contributed by atoms with Gasteiger partial charge in [0.15, 0.2) is 11.7 Å². The van der Waals surface area contributed by atoms with Gasteiger partial charge in [0.25, 0.3) is 5.91 Å². The van der Waals surface area contributed by atoms with E-state index in [9.17, 15) is 9.59 Å². The molecule has 5 aromatic rings. The first kappa shape index (κ1) is 21.9. The molecule has 0 spiro atoms. The molecule has 0 bridgehead atoms. The van der Waals surface area contributed by atoms with Crippen LogP contribution in [-0.4, -0.2) is 23.0 Å². The Bertz CT molecular complexity index is 1500. The summed E-state index contributed by atoms with van der Waals surface area (Å²) in [7, 11) is 0. The Morgan fingerprint density at radius 3 is 2.47 bits per heavy atom. The van der Waals surface area contributed by atoms with E-state index in [0.29, 0.717) is 33.7 Å². The minimum Gasteiger partial charge on any atom is -0.449 e. The number of fused-ring (bicyclic) bond motifs is 2. The highest BCUT2D eigenvalue weighted by Gasteiger charge is 2.23. The molecule has 1 heterocycles. The number of rotatable bonds is 5. The Morgan fingerprint density at radius 2 is 1.68 bits per heavy atom. The predicted octanol–water partition coefficient (Wildman–Crippen LogP) is 6.59. The maximum atomic E-state index is 13.2. The second kappa shape index (κ2) is 9.11. The van der Waals surface area contributed by atoms with Gasteiger partial charge in [0, 0.05) is 15.4 Å². The highest BCUT2D eigenvalue weighted by atomic mass is 79.9. The van der Waals surface area contributed by atoms with Gasteiger partial charge in [0.2, 0.25) is 5.89 Å². The minimum absolute atomic E-state index is 0.330. The van der Waals surface area contributed by atoms with Crippen molar-refractivity contribution in [2.45, 2.75) is 13.0 Å². The van der Waals surface area contributed by atoms with E-state index in [1.54, 1.807) is 24.3 Å². The molecule has 34 heavy (non-hydrogen) atoms. The fourth-order valence-electron chi connectivity index (χ4n) is 3.75. The normalized spacial score (nSPS) is 11.9. The number of oxazole rings is 1. The third kappa shape index (κ3) is 4.18. The van der Waals surface area contributed by atoms with Crippen LogP contribution >= 0.6 is 15.9 Å². The van der Waals surface area contributed by atoms with Gasteiger partial charge in [0.1, 0.15) is 5.52 Å². The Morgan fingerprint density at radius 1 is 0.941 bits per heavy atom. The largest absolute Gasteiger partial charge is 0.449 e. The van der Waals surface area contributed by atoms with Crippen LogP contribution in [0.1, 0.15) is 17.3 Å². The second-order valence-corrected chi connectivity index (χ2v) is 8.57. The predicted molar refractivity (Wildman–Crippen MR) is 135 cm³/mol. The lowest BCUT2D eigenvalue weighted by Gasteiger charge is -2.15. The van der Waals surface area contributed by atoms with Crippen LogP contribution in [0.25, 0.3) is 33.3 Å². The van der Waals surface area contributed by atoms with Crippen molar-refractivity contribution in [1.82, 2.24) is 4.98 Å². The molecule has 1 unspecified atom stereocenters. The number of halogens is 1. The van der Waals surface area contributed by atoms with E-state index in [4.69, 9.17) is 9.15 Å². The number of hydrogen-bond acceptors (Lipinski definition) is 5. The third-order valence-corrected chi connectivity index (χ3v) is 6.13.